The summed E-state index contributed by atoms with van der Waals surface area (Å²) >= 11 is 3.92. The molecule has 16 heavy (non-hydrogen) atoms. The van der Waals surface area contributed by atoms with Gasteiger partial charge in [0.05, 0.1) is 2.88 Å². The zero-order chi connectivity index (χ0) is 11.5. The standard InChI is InChI=1S/C12H11FINS/c13-10-4-2-1-3-8(10)5-11(15)9-6-12(14)16-7-9/h1-4,6-7,11H,5,15H2. The number of nitrogens with two attached hydrogens (primary N) is 1. The number of hydrogen-bond acceptors (Lipinski definition) is 2. The minimum atomic E-state index is -0.178. The average molecular weight is 347 g/mol. The molecule has 84 valence electrons. The number of halogens is 2. The van der Waals surface area contributed by atoms with Gasteiger partial charge in [0.1, 0.15) is 5.82 Å². The number of hydrogen-bond donors (Lipinski definition) is 1. The first-order valence-electron chi connectivity index (χ1n) is 4.89. The van der Waals surface area contributed by atoms with E-state index < -0.39 is 0 Å². The van der Waals surface area contributed by atoms with Crippen molar-refractivity contribution in [1.82, 2.24) is 0 Å². The Balaban J connectivity index is 2.13. The lowest BCUT2D eigenvalue weighted by Gasteiger charge is -2.10. The first-order chi connectivity index (χ1) is 7.66. The van der Waals surface area contributed by atoms with Gasteiger partial charge in [-0.25, -0.2) is 4.39 Å². The van der Waals surface area contributed by atoms with Crippen LogP contribution in [0, 0.1) is 8.70 Å². The molecule has 0 aliphatic carbocycles. The van der Waals surface area contributed by atoms with E-state index in [9.17, 15) is 4.39 Å². The maximum Gasteiger partial charge on any atom is 0.126 e. The molecule has 0 bridgehead atoms. The molecule has 1 nitrogen and oxygen atoms in total. The van der Waals surface area contributed by atoms with Gasteiger partial charge in [-0.3, -0.25) is 0 Å². The third-order valence-corrected chi connectivity index (χ3v) is 4.22. The molecule has 1 aromatic heterocycles. The largest absolute Gasteiger partial charge is 0.324 e. The normalized spacial score (nSPS) is 12.7. The zero-order valence-corrected chi connectivity index (χ0v) is 11.5. The van der Waals surface area contributed by atoms with E-state index in [2.05, 4.69) is 28.7 Å². The molecule has 0 saturated heterocycles. The molecule has 0 fully saturated rings. The van der Waals surface area contributed by atoms with E-state index in [1.54, 1.807) is 23.5 Å². The van der Waals surface area contributed by atoms with Crippen LogP contribution in [0.3, 0.4) is 0 Å². The predicted octanol–water partition coefficient (Wildman–Crippen LogP) is 3.73. The summed E-state index contributed by atoms with van der Waals surface area (Å²) in [5.74, 6) is -0.178. The van der Waals surface area contributed by atoms with Gasteiger partial charge >= 0.3 is 0 Å². The van der Waals surface area contributed by atoms with E-state index in [1.807, 2.05) is 11.4 Å². The van der Waals surface area contributed by atoms with Gasteiger partial charge in [0, 0.05) is 6.04 Å². The minimum absolute atomic E-state index is 0.128. The summed E-state index contributed by atoms with van der Waals surface area (Å²) in [6.07, 6.45) is 0.541. The Morgan fingerprint density at radius 2 is 2.12 bits per heavy atom. The summed E-state index contributed by atoms with van der Waals surface area (Å²) in [4.78, 5) is 0. The SMILES string of the molecule is NC(Cc1ccccc1F)c1csc(I)c1. The van der Waals surface area contributed by atoms with Gasteiger partial charge in [0.2, 0.25) is 0 Å². The highest BCUT2D eigenvalue weighted by Crippen LogP contribution is 2.24. The summed E-state index contributed by atoms with van der Waals surface area (Å²) in [7, 11) is 0. The van der Waals surface area contributed by atoms with E-state index in [4.69, 9.17) is 5.73 Å². The van der Waals surface area contributed by atoms with Crippen LogP contribution in [0.25, 0.3) is 0 Å². The molecule has 2 aromatic rings. The van der Waals surface area contributed by atoms with E-state index >= 15 is 0 Å². The van der Waals surface area contributed by atoms with Crippen LogP contribution in [0.1, 0.15) is 17.2 Å². The van der Waals surface area contributed by atoms with Crippen LogP contribution in [0.4, 0.5) is 4.39 Å². The molecule has 0 radical (unpaired) electrons. The Morgan fingerprint density at radius 3 is 2.75 bits per heavy atom. The topological polar surface area (TPSA) is 26.0 Å². The fourth-order valence-corrected chi connectivity index (χ4v) is 2.97. The molecule has 0 amide bonds. The first kappa shape index (κ1) is 12.0. The molecule has 0 aliphatic heterocycles. The van der Waals surface area contributed by atoms with Gasteiger partial charge in [-0.1, -0.05) is 18.2 Å². The fourth-order valence-electron chi connectivity index (χ4n) is 1.54. The van der Waals surface area contributed by atoms with Gasteiger partial charge in [0.15, 0.2) is 0 Å². The van der Waals surface area contributed by atoms with E-state index in [1.165, 1.54) is 8.95 Å². The second kappa shape index (κ2) is 5.25. The van der Waals surface area contributed by atoms with Crippen molar-refractivity contribution in [3.8, 4) is 0 Å². The average Bonchev–Trinajstić information content (AvgIpc) is 2.68. The molecule has 1 aromatic carbocycles. The summed E-state index contributed by atoms with van der Waals surface area (Å²) < 4.78 is 14.6. The van der Waals surface area contributed by atoms with Gasteiger partial charge in [0.25, 0.3) is 0 Å². The van der Waals surface area contributed by atoms with Crippen LogP contribution in [-0.2, 0) is 6.42 Å². The summed E-state index contributed by atoms with van der Waals surface area (Å²) in [6.45, 7) is 0. The Bertz CT molecular complexity index is 483. The molecule has 1 unspecified atom stereocenters. The molecule has 1 heterocycles. The smallest absolute Gasteiger partial charge is 0.126 e. The maximum absolute atomic E-state index is 13.4. The number of rotatable bonds is 3. The van der Waals surface area contributed by atoms with Crippen molar-refractivity contribution >= 4 is 33.9 Å². The van der Waals surface area contributed by atoms with Crippen LogP contribution >= 0.6 is 33.9 Å². The molecular weight excluding hydrogens is 336 g/mol. The molecule has 4 heteroatoms. The van der Waals surface area contributed by atoms with Crippen LogP contribution in [-0.4, -0.2) is 0 Å². The lowest BCUT2D eigenvalue weighted by atomic mass is 10.0. The lowest BCUT2D eigenvalue weighted by Crippen LogP contribution is -2.13. The third-order valence-electron chi connectivity index (χ3n) is 2.41. The van der Waals surface area contributed by atoms with E-state index in [0.29, 0.717) is 12.0 Å². The molecule has 1 atom stereocenters. The fraction of sp³-hybridized carbons (Fsp3) is 0.167. The second-order valence-electron chi connectivity index (χ2n) is 3.59. The minimum Gasteiger partial charge on any atom is -0.324 e. The van der Waals surface area contributed by atoms with E-state index in [0.717, 1.165) is 5.56 Å². The van der Waals surface area contributed by atoms with Crippen LogP contribution in [0.15, 0.2) is 35.7 Å². The Hall–Kier alpha value is -0.460. The van der Waals surface area contributed by atoms with Crippen molar-refractivity contribution in [1.29, 1.82) is 0 Å². The van der Waals surface area contributed by atoms with Crippen molar-refractivity contribution < 1.29 is 4.39 Å². The monoisotopic (exact) mass is 347 g/mol. The molecule has 2 rings (SSSR count). The molecule has 2 N–H and O–H groups in total. The zero-order valence-electron chi connectivity index (χ0n) is 8.49. The van der Waals surface area contributed by atoms with Crippen molar-refractivity contribution in [2.24, 2.45) is 5.73 Å². The van der Waals surface area contributed by atoms with Gasteiger partial charge in [-0.15, -0.1) is 11.3 Å². The van der Waals surface area contributed by atoms with Crippen molar-refractivity contribution in [2.45, 2.75) is 12.5 Å². The van der Waals surface area contributed by atoms with Crippen LogP contribution in [0.2, 0.25) is 0 Å². The van der Waals surface area contributed by atoms with Crippen LogP contribution in [0.5, 0.6) is 0 Å². The highest BCUT2D eigenvalue weighted by atomic mass is 127. The first-order valence-corrected chi connectivity index (χ1v) is 6.85. The number of benzene rings is 1. The maximum atomic E-state index is 13.4. The Morgan fingerprint density at radius 1 is 1.38 bits per heavy atom. The highest BCUT2D eigenvalue weighted by molar-refractivity contribution is 14.1. The quantitative estimate of drug-likeness (QED) is 0.842. The molecule has 0 aliphatic rings. The Kier molecular flexibility index (Phi) is 3.94. The van der Waals surface area contributed by atoms with Crippen LogP contribution < -0.4 is 5.73 Å². The molecule has 0 saturated carbocycles. The van der Waals surface area contributed by atoms with Gasteiger partial charge < -0.3 is 5.73 Å². The highest BCUT2D eigenvalue weighted by Gasteiger charge is 2.11. The van der Waals surface area contributed by atoms with Crippen molar-refractivity contribution in [2.75, 3.05) is 0 Å². The van der Waals surface area contributed by atoms with Gasteiger partial charge in [-0.2, -0.15) is 0 Å². The summed E-state index contributed by atoms with van der Waals surface area (Å²) in [5, 5.41) is 2.04. The van der Waals surface area contributed by atoms with E-state index in [-0.39, 0.29) is 11.9 Å². The van der Waals surface area contributed by atoms with Crippen molar-refractivity contribution in [3.05, 3.63) is 55.5 Å². The second-order valence-corrected chi connectivity index (χ2v) is 6.39. The molecule has 0 spiro atoms. The summed E-state index contributed by atoms with van der Waals surface area (Å²) in [5.41, 5.74) is 7.80. The third kappa shape index (κ3) is 2.81. The summed E-state index contributed by atoms with van der Waals surface area (Å²) in [6, 6.07) is 8.71. The molecular formula is C12H11FINS. The van der Waals surface area contributed by atoms with Crippen molar-refractivity contribution in [3.63, 3.8) is 0 Å². The predicted molar refractivity (Wildman–Crippen MR) is 74.1 cm³/mol. The Labute approximate surface area is 112 Å². The van der Waals surface area contributed by atoms with Gasteiger partial charge in [-0.05, 0) is 57.7 Å². The lowest BCUT2D eigenvalue weighted by molar-refractivity contribution is 0.593. The number of thiophene rings is 1.